The van der Waals surface area contributed by atoms with E-state index in [0.29, 0.717) is 5.56 Å². The molecule has 5 nitrogen and oxygen atoms in total. The molecule has 0 bridgehead atoms. The molecule has 17 heavy (non-hydrogen) atoms. The van der Waals surface area contributed by atoms with Crippen molar-refractivity contribution in [2.24, 2.45) is 0 Å². The number of aromatic nitrogens is 1. The Kier molecular flexibility index (Phi) is 3.41. The molecule has 1 fully saturated rings. The summed E-state index contributed by atoms with van der Waals surface area (Å²) in [5.74, 6) is 0.0505. The quantitative estimate of drug-likeness (QED) is 0.844. The summed E-state index contributed by atoms with van der Waals surface area (Å²) in [7, 11) is -3.40. The van der Waals surface area contributed by atoms with Crippen molar-refractivity contribution in [3.05, 3.63) is 23.9 Å². The third-order valence-electron chi connectivity index (χ3n) is 2.77. The van der Waals surface area contributed by atoms with Gasteiger partial charge in [0, 0.05) is 12.2 Å². The third kappa shape index (κ3) is 2.81. The highest BCUT2D eigenvalue weighted by molar-refractivity contribution is 7.91. The number of hydrogen-bond donors (Lipinski definition) is 1. The van der Waals surface area contributed by atoms with Gasteiger partial charge in [-0.25, -0.2) is 13.4 Å². The van der Waals surface area contributed by atoms with Gasteiger partial charge in [0.1, 0.15) is 0 Å². The number of sulfone groups is 1. The van der Waals surface area contributed by atoms with E-state index >= 15 is 0 Å². The van der Waals surface area contributed by atoms with E-state index < -0.39 is 9.84 Å². The Bertz CT molecular complexity index is 542. The van der Waals surface area contributed by atoms with Crippen LogP contribution >= 0.6 is 0 Å². The van der Waals surface area contributed by atoms with E-state index in [1.165, 1.54) is 18.3 Å². The monoisotopic (exact) mass is 251 g/mol. The van der Waals surface area contributed by atoms with E-state index in [1.807, 2.05) is 6.07 Å². The highest BCUT2D eigenvalue weighted by Crippen LogP contribution is 2.14. The van der Waals surface area contributed by atoms with Gasteiger partial charge < -0.3 is 5.32 Å². The van der Waals surface area contributed by atoms with Gasteiger partial charge in [-0.3, -0.25) is 0 Å². The van der Waals surface area contributed by atoms with Crippen molar-refractivity contribution in [1.29, 1.82) is 5.26 Å². The van der Waals surface area contributed by atoms with E-state index in [-0.39, 0.29) is 16.8 Å². The lowest BCUT2D eigenvalue weighted by Crippen LogP contribution is -2.30. The first kappa shape index (κ1) is 12.0. The van der Waals surface area contributed by atoms with Crippen LogP contribution in [0.4, 0.5) is 0 Å². The molecule has 1 aliphatic heterocycles. The van der Waals surface area contributed by atoms with Crippen LogP contribution in [0.3, 0.4) is 0 Å². The second kappa shape index (κ2) is 4.82. The Morgan fingerprint density at radius 2 is 2.41 bits per heavy atom. The topological polar surface area (TPSA) is 82.8 Å². The predicted octanol–water partition coefficient (Wildman–Crippen LogP) is 0.479. The Balaban J connectivity index is 2.22. The fourth-order valence-electron chi connectivity index (χ4n) is 1.90. The second-order valence-corrected chi connectivity index (χ2v) is 6.05. The van der Waals surface area contributed by atoms with Gasteiger partial charge in [-0.15, -0.1) is 0 Å². The first-order chi connectivity index (χ1) is 8.12. The van der Waals surface area contributed by atoms with Gasteiger partial charge in [-0.2, -0.15) is 5.26 Å². The largest absolute Gasteiger partial charge is 0.313 e. The molecule has 1 N–H and O–H groups in total. The third-order valence-corrected chi connectivity index (χ3v) is 4.47. The van der Waals surface area contributed by atoms with Crippen LogP contribution in [0.15, 0.2) is 23.4 Å². The molecule has 2 rings (SSSR count). The SMILES string of the molecule is N#Cc1ccnc(S(=O)(=O)C[C@@H]2CCCN2)c1. The maximum absolute atomic E-state index is 12.0. The van der Waals surface area contributed by atoms with E-state index in [2.05, 4.69) is 10.3 Å². The number of nitrogens with one attached hydrogen (secondary N) is 1. The fraction of sp³-hybridized carbons (Fsp3) is 0.455. The lowest BCUT2D eigenvalue weighted by molar-refractivity contribution is 0.573. The van der Waals surface area contributed by atoms with Crippen molar-refractivity contribution >= 4 is 9.84 Å². The number of pyridine rings is 1. The smallest absolute Gasteiger partial charge is 0.197 e. The lowest BCUT2D eigenvalue weighted by atomic mass is 10.3. The molecule has 0 aromatic carbocycles. The lowest BCUT2D eigenvalue weighted by Gasteiger charge is -2.10. The van der Waals surface area contributed by atoms with E-state index in [1.54, 1.807) is 0 Å². The first-order valence-electron chi connectivity index (χ1n) is 5.44. The van der Waals surface area contributed by atoms with Crippen molar-refractivity contribution in [3.8, 4) is 6.07 Å². The van der Waals surface area contributed by atoms with E-state index in [9.17, 15) is 8.42 Å². The van der Waals surface area contributed by atoms with E-state index in [4.69, 9.17) is 5.26 Å². The zero-order chi connectivity index (χ0) is 12.3. The van der Waals surface area contributed by atoms with Crippen molar-refractivity contribution in [2.45, 2.75) is 23.9 Å². The molecule has 1 saturated heterocycles. The summed E-state index contributed by atoms with van der Waals surface area (Å²) in [5, 5.41) is 11.9. The number of hydrogen-bond acceptors (Lipinski definition) is 5. The zero-order valence-electron chi connectivity index (χ0n) is 9.26. The van der Waals surface area contributed by atoms with Crippen LogP contribution in [0.25, 0.3) is 0 Å². The van der Waals surface area contributed by atoms with Gasteiger partial charge in [-0.05, 0) is 31.5 Å². The summed E-state index contributed by atoms with van der Waals surface area (Å²) in [5.41, 5.74) is 0.318. The summed E-state index contributed by atoms with van der Waals surface area (Å²) in [4.78, 5) is 3.83. The first-order valence-corrected chi connectivity index (χ1v) is 7.09. The minimum atomic E-state index is -3.40. The summed E-state index contributed by atoms with van der Waals surface area (Å²) in [6, 6.07) is 4.74. The standard InChI is InChI=1S/C11H13N3O2S/c12-7-9-3-5-14-11(6-9)17(15,16)8-10-2-1-4-13-10/h3,5-6,10,13H,1-2,4,8H2/t10-/m0/s1. The van der Waals surface area contributed by atoms with Gasteiger partial charge in [0.25, 0.3) is 0 Å². The minimum absolute atomic E-state index is 0.00698. The van der Waals surface area contributed by atoms with Crippen LogP contribution in [-0.4, -0.2) is 31.7 Å². The summed E-state index contributed by atoms with van der Waals surface area (Å²) in [6.45, 7) is 0.867. The molecular formula is C11H13N3O2S. The van der Waals surface area contributed by atoms with Crippen LogP contribution < -0.4 is 5.32 Å². The van der Waals surface area contributed by atoms with Crippen molar-refractivity contribution in [1.82, 2.24) is 10.3 Å². The van der Waals surface area contributed by atoms with Crippen molar-refractivity contribution in [3.63, 3.8) is 0 Å². The summed E-state index contributed by atoms with van der Waals surface area (Å²) in [6.07, 6.45) is 3.23. The van der Waals surface area contributed by atoms with Gasteiger partial charge in [0.2, 0.25) is 0 Å². The Hall–Kier alpha value is -1.45. The number of rotatable bonds is 3. The molecule has 1 aromatic rings. The van der Waals surface area contributed by atoms with Gasteiger partial charge in [0.15, 0.2) is 14.9 Å². The van der Waals surface area contributed by atoms with Gasteiger partial charge in [0.05, 0.1) is 17.4 Å². The molecular weight excluding hydrogens is 238 g/mol. The molecule has 2 heterocycles. The zero-order valence-corrected chi connectivity index (χ0v) is 10.1. The molecule has 0 saturated carbocycles. The minimum Gasteiger partial charge on any atom is -0.313 e. The van der Waals surface area contributed by atoms with E-state index in [0.717, 1.165) is 19.4 Å². The Morgan fingerprint density at radius 1 is 1.59 bits per heavy atom. The van der Waals surface area contributed by atoms with Crippen molar-refractivity contribution in [2.75, 3.05) is 12.3 Å². The summed E-state index contributed by atoms with van der Waals surface area (Å²) >= 11 is 0. The van der Waals surface area contributed by atoms with Crippen LogP contribution in [0, 0.1) is 11.3 Å². The maximum atomic E-state index is 12.0. The van der Waals surface area contributed by atoms with Crippen LogP contribution in [0.5, 0.6) is 0 Å². The molecule has 1 atom stereocenters. The summed E-state index contributed by atoms with van der Waals surface area (Å²) < 4.78 is 24.1. The fourth-order valence-corrected chi connectivity index (χ4v) is 3.41. The normalized spacial score (nSPS) is 20.1. The van der Waals surface area contributed by atoms with Crippen LogP contribution in [0.2, 0.25) is 0 Å². The molecule has 0 spiro atoms. The van der Waals surface area contributed by atoms with Crippen molar-refractivity contribution < 1.29 is 8.42 Å². The molecule has 0 radical (unpaired) electrons. The molecule has 6 heteroatoms. The molecule has 0 aliphatic carbocycles. The maximum Gasteiger partial charge on any atom is 0.197 e. The average molecular weight is 251 g/mol. The molecule has 0 unspecified atom stereocenters. The molecule has 1 aliphatic rings. The average Bonchev–Trinajstić information content (AvgIpc) is 2.81. The molecule has 1 aromatic heterocycles. The van der Waals surface area contributed by atoms with Crippen LogP contribution in [-0.2, 0) is 9.84 Å². The number of nitriles is 1. The number of nitrogens with zero attached hydrogens (tertiary/aromatic N) is 2. The predicted molar refractivity (Wildman–Crippen MR) is 62.0 cm³/mol. The highest BCUT2D eigenvalue weighted by atomic mass is 32.2. The highest BCUT2D eigenvalue weighted by Gasteiger charge is 2.24. The molecule has 90 valence electrons. The molecule has 0 amide bonds. The Labute approximate surface area is 100 Å². The second-order valence-electron chi connectivity index (χ2n) is 4.07. The van der Waals surface area contributed by atoms with Crippen LogP contribution in [0.1, 0.15) is 18.4 Å². The van der Waals surface area contributed by atoms with Gasteiger partial charge >= 0.3 is 0 Å². The Morgan fingerprint density at radius 3 is 3.06 bits per heavy atom. The van der Waals surface area contributed by atoms with Gasteiger partial charge in [-0.1, -0.05) is 0 Å².